The maximum atomic E-state index is 12.6. The Morgan fingerprint density at radius 2 is 1.61 bits per heavy atom. The van der Waals surface area contributed by atoms with Crippen LogP contribution in [0.2, 0.25) is 0 Å². The van der Waals surface area contributed by atoms with E-state index in [4.69, 9.17) is 4.98 Å². The molecular weight excluding hydrogens is 346 g/mol. The molecule has 1 aliphatic rings. The lowest BCUT2D eigenvalue weighted by Gasteiger charge is -2.23. The van der Waals surface area contributed by atoms with Crippen LogP contribution < -0.4 is 5.32 Å². The third kappa shape index (κ3) is 4.45. The average Bonchev–Trinajstić information content (AvgIpc) is 2.76. The van der Waals surface area contributed by atoms with Crippen molar-refractivity contribution in [1.82, 2.24) is 9.97 Å². The van der Waals surface area contributed by atoms with Gasteiger partial charge < -0.3 is 5.32 Å². The highest BCUT2D eigenvalue weighted by Crippen LogP contribution is 2.35. The third-order valence-electron chi connectivity index (χ3n) is 5.33. The van der Waals surface area contributed by atoms with Crippen molar-refractivity contribution in [3.05, 3.63) is 78.1 Å². The van der Waals surface area contributed by atoms with E-state index >= 15 is 0 Å². The number of carbonyl (C=O) groups is 1. The van der Waals surface area contributed by atoms with E-state index in [0.717, 1.165) is 35.4 Å². The first-order chi connectivity index (χ1) is 13.8. The Morgan fingerprint density at radius 1 is 0.929 bits per heavy atom. The first-order valence-corrected chi connectivity index (χ1v) is 10.1. The molecule has 1 fully saturated rings. The summed E-state index contributed by atoms with van der Waals surface area (Å²) in [5, 5.41) is 3.02. The molecular formula is C24H25N3O. The van der Waals surface area contributed by atoms with E-state index in [-0.39, 0.29) is 5.91 Å². The molecule has 2 aromatic carbocycles. The van der Waals surface area contributed by atoms with E-state index < -0.39 is 0 Å². The second-order valence-corrected chi connectivity index (χ2v) is 7.40. The largest absolute Gasteiger partial charge is 0.309 e. The average molecular weight is 371 g/mol. The van der Waals surface area contributed by atoms with Crippen LogP contribution in [0, 0.1) is 0 Å². The van der Waals surface area contributed by atoms with E-state index in [1.54, 1.807) is 6.20 Å². The van der Waals surface area contributed by atoms with Gasteiger partial charge in [0, 0.05) is 11.5 Å². The SMILES string of the molecule is O=C(Cc1ccccc1)Nc1ncc(-c2ccccc2)nc1C1CCCCC1. The molecule has 0 aliphatic heterocycles. The van der Waals surface area contributed by atoms with Crippen LogP contribution >= 0.6 is 0 Å². The Morgan fingerprint density at radius 3 is 2.32 bits per heavy atom. The summed E-state index contributed by atoms with van der Waals surface area (Å²) in [6.45, 7) is 0. The Labute approximate surface area is 166 Å². The van der Waals surface area contributed by atoms with Gasteiger partial charge in [0.25, 0.3) is 0 Å². The van der Waals surface area contributed by atoms with Crippen molar-refractivity contribution in [2.75, 3.05) is 5.32 Å². The molecule has 142 valence electrons. The smallest absolute Gasteiger partial charge is 0.229 e. The molecule has 0 spiro atoms. The van der Waals surface area contributed by atoms with Crippen molar-refractivity contribution in [3.63, 3.8) is 0 Å². The Bertz CT molecular complexity index is 919. The standard InChI is InChI=1S/C24H25N3O/c28-22(16-18-10-4-1-5-11-18)27-24-23(20-14-8-3-9-15-20)26-21(17-25-24)19-12-6-2-7-13-19/h1-2,4-7,10-13,17,20H,3,8-9,14-16H2,(H,25,27,28). The molecule has 4 rings (SSSR count). The molecule has 1 aromatic heterocycles. The number of hydrogen-bond donors (Lipinski definition) is 1. The number of hydrogen-bond acceptors (Lipinski definition) is 3. The van der Waals surface area contributed by atoms with Gasteiger partial charge in [0.2, 0.25) is 5.91 Å². The quantitative estimate of drug-likeness (QED) is 0.656. The zero-order valence-electron chi connectivity index (χ0n) is 16.0. The molecule has 1 N–H and O–H groups in total. The first kappa shape index (κ1) is 18.4. The summed E-state index contributed by atoms with van der Waals surface area (Å²) in [4.78, 5) is 22.2. The van der Waals surface area contributed by atoms with Gasteiger partial charge in [-0.3, -0.25) is 4.79 Å². The molecule has 0 bridgehead atoms. The van der Waals surface area contributed by atoms with Crippen LogP contribution in [0.15, 0.2) is 66.9 Å². The highest BCUT2D eigenvalue weighted by molar-refractivity contribution is 5.92. The van der Waals surface area contributed by atoms with Crippen LogP contribution in [0.1, 0.15) is 49.3 Å². The molecule has 0 atom stereocenters. The summed E-state index contributed by atoms with van der Waals surface area (Å²) in [7, 11) is 0. The second-order valence-electron chi connectivity index (χ2n) is 7.40. The van der Waals surface area contributed by atoms with Gasteiger partial charge in [-0.2, -0.15) is 0 Å². The number of amides is 1. The normalized spacial score (nSPS) is 14.6. The summed E-state index contributed by atoms with van der Waals surface area (Å²) in [5.74, 6) is 0.925. The van der Waals surface area contributed by atoms with Crippen molar-refractivity contribution >= 4 is 11.7 Å². The summed E-state index contributed by atoms with van der Waals surface area (Å²) >= 11 is 0. The van der Waals surface area contributed by atoms with Crippen molar-refractivity contribution in [2.24, 2.45) is 0 Å². The predicted octanol–water partition coefficient (Wildman–Crippen LogP) is 5.37. The fourth-order valence-corrected chi connectivity index (χ4v) is 3.87. The van der Waals surface area contributed by atoms with Gasteiger partial charge in [0.15, 0.2) is 5.82 Å². The first-order valence-electron chi connectivity index (χ1n) is 10.1. The molecule has 4 nitrogen and oxygen atoms in total. The molecule has 4 heteroatoms. The monoisotopic (exact) mass is 371 g/mol. The number of nitrogens with zero attached hydrogens (tertiary/aromatic N) is 2. The van der Waals surface area contributed by atoms with Crippen LogP contribution in [0.5, 0.6) is 0 Å². The van der Waals surface area contributed by atoms with Gasteiger partial charge in [0.05, 0.1) is 24.0 Å². The van der Waals surface area contributed by atoms with Crippen molar-refractivity contribution < 1.29 is 4.79 Å². The number of aromatic nitrogens is 2. The maximum Gasteiger partial charge on any atom is 0.229 e. The number of nitrogens with one attached hydrogen (secondary N) is 1. The van der Waals surface area contributed by atoms with E-state index in [1.165, 1.54) is 19.3 Å². The van der Waals surface area contributed by atoms with E-state index in [0.29, 0.717) is 18.2 Å². The lowest BCUT2D eigenvalue weighted by atomic mass is 9.86. The number of carbonyl (C=O) groups excluding carboxylic acids is 1. The van der Waals surface area contributed by atoms with Crippen LogP contribution in [0.3, 0.4) is 0 Å². The molecule has 1 heterocycles. The van der Waals surface area contributed by atoms with E-state index in [2.05, 4.69) is 10.3 Å². The van der Waals surface area contributed by atoms with E-state index in [9.17, 15) is 4.79 Å². The minimum atomic E-state index is -0.0509. The number of benzene rings is 2. The van der Waals surface area contributed by atoms with Gasteiger partial charge >= 0.3 is 0 Å². The van der Waals surface area contributed by atoms with Crippen LogP contribution in [0.25, 0.3) is 11.3 Å². The van der Waals surface area contributed by atoms with Crippen LogP contribution in [-0.2, 0) is 11.2 Å². The summed E-state index contributed by atoms with van der Waals surface area (Å²) in [6.07, 6.45) is 8.01. The molecule has 3 aromatic rings. The molecule has 0 saturated heterocycles. The Hall–Kier alpha value is -3.01. The Balaban J connectivity index is 1.60. The van der Waals surface area contributed by atoms with E-state index in [1.807, 2.05) is 60.7 Å². The summed E-state index contributed by atoms with van der Waals surface area (Å²) < 4.78 is 0. The third-order valence-corrected chi connectivity index (χ3v) is 5.33. The zero-order chi connectivity index (χ0) is 19.2. The zero-order valence-corrected chi connectivity index (χ0v) is 16.0. The molecule has 1 amide bonds. The molecule has 0 radical (unpaired) electrons. The molecule has 1 aliphatic carbocycles. The number of rotatable bonds is 5. The van der Waals surface area contributed by atoms with Gasteiger partial charge in [-0.05, 0) is 18.4 Å². The molecule has 0 unspecified atom stereocenters. The molecule has 28 heavy (non-hydrogen) atoms. The van der Waals surface area contributed by atoms with Gasteiger partial charge in [-0.25, -0.2) is 9.97 Å². The van der Waals surface area contributed by atoms with Crippen molar-refractivity contribution in [2.45, 2.75) is 44.4 Å². The van der Waals surface area contributed by atoms with Crippen molar-refractivity contribution in [1.29, 1.82) is 0 Å². The predicted molar refractivity (Wildman–Crippen MR) is 112 cm³/mol. The lowest BCUT2D eigenvalue weighted by Crippen LogP contribution is -2.19. The Kier molecular flexibility index (Phi) is 5.76. The lowest BCUT2D eigenvalue weighted by molar-refractivity contribution is -0.115. The van der Waals surface area contributed by atoms with Gasteiger partial charge in [0.1, 0.15) is 0 Å². The minimum Gasteiger partial charge on any atom is -0.309 e. The second kappa shape index (κ2) is 8.79. The highest BCUT2D eigenvalue weighted by atomic mass is 16.1. The topological polar surface area (TPSA) is 54.9 Å². The van der Waals surface area contributed by atoms with Crippen molar-refractivity contribution in [3.8, 4) is 11.3 Å². The van der Waals surface area contributed by atoms with Gasteiger partial charge in [-0.15, -0.1) is 0 Å². The minimum absolute atomic E-state index is 0.0509. The summed E-state index contributed by atoms with van der Waals surface area (Å²) in [6, 6.07) is 19.9. The van der Waals surface area contributed by atoms with Crippen LogP contribution in [-0.4, -0.2) is 15.9 Å². The van der Waals surface area contributed by atoms with Gasteiger partial charge in [-0.1, -0.05) is 79.9 Å². The number of anilines is 1. The summed E-state index contributed by atoms with van der Waals surface area (Å²) in [5.41, 5.74) is 3.84. The fraction of sp³-hybridized carbons (Fsp3) is 0.292. The fourth-order valence-electron chi connectivity index (χ4n) is 3.87. The van der Waals surface area contributed by atoms with Crippen LogP contribution in [0.4, 0.5) is 5.82 Å². The molecule has 1 saturated carbocycles. The highest BCUT2D eigenvalue weighted by Gasteiger charge is 2.23. The maximum absolute atomic E-state index is 12.6.